The molecule has 0 aliphatic heterocycles. The molecule has 0 atom stereocenters. The number of hydrogen-bond donors (Lipinski definition) is 0. The second-order valence-corrected chi connectivity index (χ2v) is 8.88. The standard InChI is InChI=1S/C24H26N6OS/c1-15-10-11-16(2)21(12-15)30-18(4)27-28-24(30)32-14-23(31)29(5)13-22-25-17(3)19-8-6-7-9-20(19)26-22/h6-12H,13-14H2,1-5H3. The third-order valence-electron chi connectivity index (χ3n) is 5.37. The van der Waals surface area contributed by atoms with Crippen LogP contribution in [0.1, 0.15) is 28.5 Å². The van der Waals surface area contributed by atoms with Gasteiger partial charge < -0.3 is 4.90 Å². The Morgan fingerprint density at radius 1 is 1.03 bits per heavy atom. The molecule has 4 aromatic rings. The highest BCUT2D eigenvalue weighted by molar-refractivity contribution is 7.99. The number of para-hydroxylation sites is 1. The van der Waals surface area contributed by atoms with Crippen molar-refractivity contribution >= 4 is 28.6 Å². The molecule has 1 amide bonds. The molecule has 0 saturated heterocycles. The van der Waals surface area contributed by atoms with E-state index in [2.05, 4.69) is 52.2 Å². The minimum Gasteiger partial charge on any atom is -0.337 e. The monoisotopic (exact) mass is 446 g/mol. The second-order valence-electron chi connectivity index (χ2n) is 7.94. The first kappa shape index (κ1) is 22.0. The van der Waals surface area contributed by atoms with Crippen LogP contribution in [0.3, 0.4) is 0 Å². The van der Waals surface area contributed by atoms with Crippen LogP contribution in [0.4, 0.5) is 0 Å². The predicted molar refractivity (Wildman–Crippen MR) is 127 cm³/mol. The summed E-state index contributed by atoms with van der Waals surface area (Å²) >= 11 is 1.39. The number of benzene rings is 2. The van der Waals surface area contributed by atoms with Crippen LogP contribution in [0, 0.1) is 27.7 Å². The lowest BCUT2D eigenvalue weighted by Crippen LogP contribution is -2.29. The maximum Gasteiger partial charge on any atom is 0.233 e. The van der Waals surface area contributed by atoms with E-state index >= 15 is 0 Å². The summed E-state index contributed by atoms with van der Waals surface area (Å²) in [7, 11) is 1.78. The first-order chi connectivity index (χ1) is 15.3. The number of carbonyl (C=O) groups is 1. The molecule has 2 aromatic heterocycles. The topological polar surface area (TPSA) is 76.8 Å². The summed E-state index contributed by atoms with van der Waals surface area (Å²) in [6.45, 7) is 8.37. The summed E-state index contributed by atoms with van der Waals surface area (Å²) in [5.41, 5.74) is 5.14. The molecule has 2 aromatic carbocycles. The van der Waals surface area contributed by atoms with E-state index in [1.165, 1.54) is 11.8 Å². The van der Waals surface area contributed by atoms with E-state index in [0.29, 0.717) is 17.5 Å². The summed E-state index contributed by atoms with van der Waals surface area (Å²) in [4.78, 5) is 23.7. The van der Waals surface area contributed by atoms with Crippen molar-refractivity contribution in [3.8, 4) is 5.69 Å². The lowest BCUT2D eigenvalue weighted by atomic mass is 10.1. The third kappa shape index (κ3) is 4.50. The van der Waals surface area contributed by atoms with Gasteiger partial charge in [-0.2, -0.15) is 0 Å². The number of aromatic nitrogens is 5. The van der Waals surface area contributed by atoms with E-state index in [1.54, 1.807) is 11.9 Å². The highest BCUT2D eigenvalue weighted by Crippen LogP contribution is 2.25. The SMILES string of the molecule is Cc1ccc(C)c(-n2c(C)nnc2SCC(=O)N(C)Cc2nc(C)c3ccccc3n2)c1. The summed E-state index contributed by atoms with van der Waals surface area (Å²) in [5, 5.41) is 10.3. The molecular formula is C24H26N6OS. The van der Waals surface area contributed by atoms with Crippen LogP contribution in [0.5, 0.6) is 0 Å². The molecule has 0 bridgehead atoms. The first-order valence-corrected chi connectivity index (χ1v) is 11.4. The minimum absolute atomic E-state index is 0.0161. The average molecular weight is 447 g/mol. The molecule has 0 aliphatic rings. The number of rotatable bonds is 6. The van der Waals surface area contributed by atoms with Gasteiger partial charge >= 0.3 is 0 Å². The fourth-order valence-corrected chi connectivity index (χ4v) is 4.51. The molecule has 32 heavy (non-hydrogen) atoms. The van der Waals surface area contributed by atoms with Gasteiger partial charge in [0.15, 0.2) is 5.16 Å². The Kier molecular flexibility index (Phi) is 6.23. The maximum atomic E-state index is 12.8. The van der Waals surface area contributed by atoms with Gasteiger partial charge in [0.1, 0.15) is 11.6 Å². The molecule has 0 spiro atoms. The molecule has 0 radical (unpaired) electrons. The minimum atomic E-state index is -0.0161. The number of nitrogens with zero attached hydrogens (tertiary/aromatic N) is 6. The molecule has 7 nitrogen and oxygen atoms in total. The summed E-state index contributed by atoms with van der Waals surface area (Å²) in [5.74, 6) is 1.67. The van der Waals surface area contributed by atoms with Crippen LogP contribution < -0.4 is 0 Å². The van der Waals surface area contributed by atoms with Gasteiger partial charge in [0.05, 0.1) is 23.5 Å². The fraction of sp³-hybridized carbons (Fsp3) is 0.292. The van der Waals surface area contributed by atoms with Crippen LogP contribution in [-0.4, -0.2) is 48.3 Å². The molecule has 0 unspecified atom stereocenters. The molecule has 0 fully saturated rings. The van der Waals surface area contributed by atoms with Crippen molar-refractivity contribution in [3.63, 3.8) is 0 Å². The van der Waals surface area contributed by atoms with E-state index in [-0.39, 0.29) is 11.7 Å². The van der Waals surface area contributed by atoms with Crippen molar-refractivity contribution in [2.45, 2.75) is 39.4 Å². The molecule has 4 rings (SSSR count). The van der Waals surface area contributed by atoms with E-state index in [1.807, 2.05) is 42.7 Å². The molecule has 164 valence electrons. The van der Waals surface area contributed by atoms with Gasteiger partial charge in [0.25, 0.3) is 0 Å². The van der Waals surface area contributed by atoms with Crippen molar-refractivity contribution in [1.29, 1.82) is 0 Å². The summed E-state index contributed by atoms with van der Waals surface area (Å²) in [6, 6.07) is 14.2. The second kappa shape index (κ2) is 9.08. The van der Waals surface area contributed by atoms with E-state index in [9.17, 15) is 4.79 Å². The molecule has 0 saturated carbocycles. The molecule has 2 heterocycles. The van der Waals surface area contributed by atoms with Gasteiger partial charge in [-0.3, -0.25) is 9.36 Å². The van der Waals surface area contributed by atoms with Crippen molar-refractivity contribution < 1.29 is 4.79 Å². The van der Waals surface area contributed by atoms with Gasteiger partial charge in [-0.25, -0.2) is 9.97 Å². The van der Waals surface area contributed by atoms with Gasteiger partial charge in [-0.1, -0.05) is 42.1 Å². The van der Waals surface area contributed by atoms with Crippen LogP contribution in [0.15, 0.2) is 47.6 Å². The van der Waals surface area contributed by atoms with Crippen LogP contribution in [0.2, 0.25) is 0 Å². The summed E-state index contributed by atoms with van der Waals surface area (Å²) in [6.07, 6.45) is 0. The zero-order chi connectivity index (χ0) is 22.8. The zero-order valence-corrected chi connectivity index (χ0v) is 19.8. The first-order valence-electron chi connectivity index (χ1n) is 10.4. The molecular weight excluding hydrogens is 420 g/mol. The predicted octanol–water partition coefficient (Wildman–Crippen LogP) is 4.19. The number of fused-ring (bicyclic) bond motifs is 1. The number of thioether (sulfide) groups is 1. The van der Waals surface area contributed by atoms with Crippen molar-refractivity contribution in [2.24, 2.45) is 0 Å². The van der Waals surface area contributed by atoms with Crippen molar-refractivity contribution in [3.05, 3.63) is 70.9 Å². The highest BCUT2D eigenvalue weighted by Gasteiger charge is 2.17. The number of hydrogen-bond acceptors (Lipinski definition) is 6. The summed E-state index contributed by atoms with van der Waals surface area (Å²) < 4.78 is 2.01. The molecule has 0 aliphatic carbocycles. The molecule has 0 N–H and O–H groups in total. The van der Waals surface area contributed by atoms with Gasteiger partial charge in [0, 0.05) is 18.1 Å². The molecule has 8 heteroatoms. The van der Waals surface area contributed by atoms with Gasteiger partial charge in [-0.15, -0.1) is 10.2 Å². The lowest BCUT2D eigenvalue weighted by molar-refractivity contribution is -0.127. The smallest absolute Gasteiger partial charge is 0.233 e. The van der Waals surface area contributed by atoms with E-state index < -0.39 is 0 Å². The van der Waals surface area contributed by atoms with Crippen molar-refractivity contribution in [1.82, 2.24) is 29.6 Å². The van der Waals surface area contributed by atoms with Crippen LogP contribution >= 0.6 is 11.8 Å². The van der Waals surface area contributed by atoms with Gasteiger partial charge in [-0.05, 0) is 51.0 Å². The van der Waals surface area contributed by atoms with Gasteiger partial charge in [0.2, 0.25) is 5.91 Å². The number of carbonyl (C=O) groups excluding carboxylic acids is 1. The fourth-order valence-electron chi connectivity index (χ4n) is 3.58. The van der Waals surface area contributed by atoms with Crippen LogP contribution in [-0.2, 0) is 11.3 Å². The van der Waals surface area contributed by atoms with E-state index in [4.69, 9.17) is 0 Å². The number of amides is 1. The Labute approximate surface area is 191 Å². The quantitative estimate of drug-likeness (QED) is 0.413. The third-order valence-corrected chi connectivity index (χ3v) is 6.28. The van der Waals surface area contributed by atoms with E-state index in [0.717, 1.165) is 39.2 Å². The Hall–Kier alpha value is -3.26. The Morgan fingerprint density at radius 2 is 1.81 bits per heavy atom. The largest absolute Gasteiger partial charge is 0.337 e. The lowest BCUT2D eigenvalue weighted by Gasteiger charge is -2.17. The normalized spacial score (nSPS) is 11.2. The number of aryl methyl sites for hydroxylation is 4. The maximum absolute atomic E-state index is 12.8. The average Bonchev–Trinajstić information content (AvgIpc) is 3.13. The zero-order valence-electron chi connectivity index (χ0n) is 19.0. The Morgan fingerprint density at radius 3 is 2.62 bits per heavy atom. The van der Waals surface area contributed by atoms with Crippen LogP contribution in [0.25, 0.3) is 16.6 Å². The Balaban J connectivity index is 1.47. The highest BCUT2D eigenvalue weighted by atomic mass is 32.2. The van der Waals surface area contributed by atoms with Crippen molar-refractivity contribution in [2.75, 3.05) is 12.8 Å². The Bertz CT molecular complexity index is 1300.